The zero-order valence-corrected chi connectivity index (χ0v) is 26.9. The van der Waals surface area contributed by atoms with Gasteiger partial charge < -0.3 is 20.9 Å². The van der Waals surface area contributed by atoms with Crippen molar-refractivity contribution in [3.05, 3.63) is 78.4 Å². The van der Waals surface area contributed by atoms with Gasteiger partial charge in [0.05, 0.1) is 18.3 Å². The van der Waals surface area contributed by atoms with Crippen molar-refractivity contribution < 1.29 is 9.59 Å². The second-order valence-corrected chi connectivity index (χ2v) is 12.9. The normalized spacial score (nSPS) is 21.9. The molecule has 1 aromatic carbocycles. The average molecular weight is 646 g/mol. The molecule has 246 valence electrons. The van der Waals surface area contributed by atoms with Crippen molar-refractivity contribution in [1.82, 2.24) is 35.4 Å². The van der Waals surface area contributed by atoms with Gasteiger partial charge >= 0.3 is 6.03 Å². The third kappa shape index (κ3) is 6.64. The van der Waals surface area contributed by atoms with Crippen LogP contribution in [0.5, 0.6) is 0 Å². The highest BCUT2D eigenvalue weighted by Crippen LogP contribution is 2.33. The van der Waals surface area contributed by atoms with Crippen molar-refractivity contribution in [2.24, 2.45) is 18.9 Å². The molecule has 3 fully saturated rings. The van der Waals surface area contributed by atoms with E-state index in [9.17, 15) is 14.9 Å². The van der Waals surface area contributed by atoms with E-state index in [1.807, 2.05) is 60.6 Å². The number of nitrogens with zero attached hydrogens (tertiary/aromatic N) is 8. The molecular weight excluding hydrogens is 606 g/mol. The van der Waals surface area contributed by atoms with Crippen LogP contribution in [0.25, 0.3) is 11.1 Å². The Kier molecular flexibility index (Phi) is 8.87. The standard InChI is InChI=1S/C35H39N11O2/c1-44-21-27(20-41-44)24-7-12-31(37-17-24)46(35(48)40-16-23-5-3-2-4-6-23)29-10-8-28(9-11-29)42-34-39-19-26(15-36)32(43-34)45-14-13-25-18-38-33(47)30(25)22-45/h2-7,12,17,19-21,25,28-30H,8-11,13-14,16,18,22H2,1H3,(H,38,47)(H,40,48)(H,39,42,43)/t25-,28?,29?,30-/m0/s1. The van der Waals surface area contributed by atoms with Crippen molar-refractivity contribution in [3.8, 4) is 17.2 Å². The van der Waals surface area contributed by atoms with Crippen LogP contribution >= 0.6 is 0 Å². The number of pyridine rings is 1. The molecule has 0 spiro atoms. The van der Waals surface area contributed by atoms with E-state index in [0.717, 1.165) is 61.9 Å². The average Bonchev–Trinajstić information content (AvgIpc) is 3.73. The van der Waals surface area contributed by atoms with Crippen LogP contribution < -0.4 is 25.8 Å². The van der Waals surface area contributed by atoms with Crippen LogP contribution in [-0.2, 0) is 18.4 Å². The lowest BCUT2D eigenvalue weighted by Crippen LogP contribution is -2.49. The third-order valence-electron chi connectivity index (χ3n) is 9.75. The van der Waals surface area contributed by atoms with E-state index < -0.39 is 0 Å². The number of nitriles is 1. The second kappa shape index (κ2) is 13.7. The summed E-state index contributed by atoms with van der Waals surface area (Å²) in [7, 11) is 1.88. The first-order valence-corrected chi connectivity index (χ1v) is 16.6. The maximum atomic E-state index is 13.8. The maximum absolute atomic E-state index is 13.8. The number of anilines is 3. The summed E-state index contributed by atoms with van der Waals surface area (Å²) in [4.78, 5) is 43.9. The molecule has 13 heteroatoms. The number of urea groups is 1. The van der Waals surface area contributed by atoms with Gasteiger partial charge in [0.25, 0.3) is 0 Å². The Morgan fingerprint density at radius 1 is 1.04 bits per heavy atom. The zero-order valence-electron chi connectivity index (χ0n) is 26.9. The minimum absolute atomic E-state index is 0.0492. The predicted molar refractivity (Wildman–Crippen MR) is 181 cm³/mol. The molecule has 2 atom stereocenters. The summed E-state index contributed by atoms with van der Waals surface area (Å²) in [6.07, 6.45) is 11.1. The molecule has 3 aliphatic rings. The Morgan fingerprint density at radius 3 is 2.60 bits per heavy atom. The molecule has 0 bridgehead atoms. The van der Waals surface area contributed by atoms with Gasteiger partial charge in [0.15, 0.2) is 5.82 Å². The smallest absolute Gasteiger partial charge is 0.323 e. The van der Waals surface area contributed by atoms with E-state index in [-0.39, 0.29) is 29.9 Å². The van der Waals surface area contributed by atoms with Gasteiger partial charge in [-0.1, -0.05) is 30.3 Å². The number of carbonyl (C=O) groups excluding carboxylic acids is 2. The largest absolute Gasteiger partial charge is 0.355 e. The molecule has 48 heavy (non-hydrogen) atoms. The molecule has 5 heterocycles. The first kappa shape index (κ1) is 31.1. The fourth-order valence-electron chi connectivity index (χ4n) is 7.11. The van der Waals surface area contributed by atoms with Crippen molar-refractivity contribution in [2.75, 3.05) is 34.8 Å². The van der Waals surface area contributed by atoms with Crippen molar-refractivity contribution >= 4 is 29.5 Å². The quantitative estimate of drug-likeness (QED) is 0.259. The van der Waals surface area contributed by atoms with E-state index >= 15 is 0 Å². The lowest BCUT2D eigenvalue weighted by molar-refractivity contribution is -0.122. The number of aryl methyl sites for hydroxylation is 1. The topological polar surface area (TPSA) is 157 Å². The molecule has 3 amide bonds. The summed E-state index contributed by atoms with van der Waals surface area (Å²) in [5.41, 5.74) is 3.32. The van der Waals surface area contributed by atoms with Gasteiger partial charge in [-0.05, 0) is 55.7 Å². The van der Waals surface area contributed by atoms with E-state index in [1.165, 1.54) is 0 Å². The molecule has 1 saturated carbocycles. The number of hydrogen-bond acceptors (Lipinski definition) is 9. The number of hydrogen-bond donors (Lipinski definition) is 3. The van der Waals surface area contributed by atoms with Crippen LogP contribution in [0, 0.1) is 23.2 Å². The number of carbonyl (C=O) groups is 2. The highest BCUT2D eigenvalue weighted by Gasteiger charge is 2.40. The summed E-state index contributed by atoms with van der Waals surface area (Å²) >= 11 is 0. The highest BCUT2D eigenvalue weighted by molar-refractivity contribution is 5.91. The van der Waals surface area contributed by atoms with Gasteiger partial charge in [0, 0.05) is 68.8 Å². The molecule has 2 aliphatic heterocycles. The molecule has 4 aromatic rings. The first-order chi connectivity index (χ1) is 23.4. The minimum Gasteiger partial charge on any atom is -0.355 e. The Labute approximate surface area is 279 Å². The summed E-state index contributed by atoms with van der Waals surface area (Å²) < 4.78 is 1.75. The molecule has 7 rings (SSSR count). The fraction of sp³-hybridized carbons (Fsp3) is 0.400. The first-order valence-electron chi connectivity index (χ1n) is 16.6. The van der Waals surface area contributed by atoms with E-state index in [0.29, 0.717) is 42.2 Å². The predicted octanol–water partition coefficient (Wildman–Crippen LogP) is 3.86. The summed E-state index contributed by atoms with van der Waals surface area (Å²) in [5, 5.41) is 23.6. The van der Waals surface area contributed by atoms with Crippen LogP contribution in [0.3, 0.4) is 0 Å². The number of amides is 3. The van der Waals surface area contributed by atoms with Crippen LogP contribution in [0.15, 0.2) is 67.3 Å². The molecule has 3 aromatic heterocycles. The monoisotopic (exact) mass is 645 g/mol. The van der Waals surface area contributed by atoms with Gasteiger partial charge in [-0.15, -0.1) is 0 Å². The molecule has 1 aliphatic carbocycles. The molecule has 3 N–H and O–H groups in total. The Hall–Kier alpha value is -5.51. The zero-order chi connectivity index (χ0) is 33.0. The van der Waals surface area contributed by atoms with Crippen LogP contribution in [0.2, 0.25) is 0 Å². The lowest BCUT2D eigenvalue weighted by Gasteiger charge is -2.37. The Balaban J connectivity index is 1.04. The van der Waals surface area contributed by atoms with Crippen molar-refractivity contribution in [3.63, 3.8) is 0 Å². The van der Waals surface area contributed by atoms with Gasteiger partial charge in [-0.25, -0.2) is 14.8 Å². The van der Waals surface area contributed by atoms with Crippen molar-refractivity contribution in [2.45, 2.75) is 50.7 Å². The maximum Gasteiger partial charge on any atom is 0.323 e. The molecule has 0 unspecified atom stereocenters. The molecule has 2 saturated heterocycles. The summed E-state index contributed by atoms with van der Waals surface area (Å²) in [6.45, 7) is 2.43. The van der Waals surface area contributed by atoms with Gasteiger partial charge in [0.2, 0.25) is 11.9 Å². The number of nitrogens with one attached hydrogen (secondary N) is 3. The number of benzene rings is 1. The molecular formula is C35H39N11O2. The Bertz CT molecular complexity index is 1800. The van der Waals surface area contributed by atoms with E-state index in [1.54, 1.807) is 28.2 Å². The second-order valence-electron chi connectivity index (χ2n) is 12.9. The van der Waals surface area contributed by atoms with Crippen LogP contribution in [-0.4, -0.2) is 68.4 Å². The molecule has 13 nitrogen and oxygen atoms in total. The minimum atomic E-state index is -0.184. The van der Waals surface area contributed by atoms with Crippen molar-refractivity contribution in [1.29, 1.82) is 5.26 Å². The van der Waals surface area contributed by atoms with Gasteiger partial charge in [-0.3, -0.25) is 14.4 Å². The Morgan fingerprint density at radius 2 is 1.88 bits per heavy atom. The number of piperidine rings is 1. The van der Waals surface area contributed by atoms with Crippen LogP contribution in [0.1, 0.15) is 43.2 Å². The number of fused-ring (bicyclic) bond motifs is 1. The fourth-order valence-corrected chi connectivity index (χ4v) is 7.11. The number of rotatable bonds is 8. The van der Waals surface area contributed by atoms with Crippen LogP contribution in [0.4, 0.5) is 22.4 Å². The number of aromatic nitrogens is 5. The summed E-state index contributed by atoms with van der Waals surface area (Å²) in [5.74, 6) is 1.97. The third-order valence-corrected chi connectivity index (χ3v) is 9.75. The SMILES string of the molecule is Cn1cc(-c2ccc(N(C(=O)NCc3ccccc3)C3CCC(Nc4ncc(C#N)c(N5CC[C@H]6CNC(=O)[C@H]6C5)n4)CC3)nc2)cn1. The lowest BCUT2D eigenvalue weighted by atomic mass is 9.88. The van der Waals surface area contributed by atoms with Gasteiger partial charge in [-0.2, -0.15) is 15.3 Å². The summed E-state index contributed by atoms with van der Waals surface area (Å²) in [6, 6.07) is 15.8. The van der Waals surface area contributed by atoms with Gasteiger partial charge in [0.1, 0.15) is 17.5 Å². The van der Waals surface area contributed by atoms with E-state index in [2.05, 4.69) is 32.1 Å². The van der Waals surface area contributed by atoms with E-state index in [4.69, 9.17) is 9.97 Å². The highest BCUT2D eigenvalue weighted by atomic mass is 16.2. The molecule has 0 radical (unpaired) electrons.